The van der Waals surface area contributed by atoms with Crippen LogP contribution in [0.1, 0.15) is 18.3 Å². The van der Waals surface area contributed by atoms with Crippen LogP contribution in [0.3, 0.4) is 0 Å². The molecule has 1 aromatic carbocycles. The van der Waals surface area contributed by atoms with Crippen molar-refractivity contribution in [2.45, 2.75) is 20.0 Å². The van der Waals surface area contributed by atoms with Crippen molar-refractivity contribution < 1.29 is 4.74 Å². The smallest absolute Gasteiger partial charge is 0.133 e. The van der Waals surface area contributed by atoms with E-state index in [1.165, 1.54) is 5.56 Å². The number of nitrogens with one attached hydrogen (secondary N) is 1. The Labute approximate surface area is 83.1 Å². The summed E-state index contributed by atoms with van der Waals surface area (Å²) < 4.78 is 5.02. The van der Waals surface area contributed by atoms with Crippen molar-refractivity contribution in [2.75, 3.05) is 7.11 Å². The number of aromatic amines is 1. The summed E-state index contributed by atoms with van der Waals surface area (Å²) in [5, 5.41) is 0. The Kier molecular flexibility index (Phi) is 2.50. The second kappa shape index (κ2) is 3.80. The molecule has 74 valence electrons. The standard InChI is InChI=1S/C11H14N2O/c1-3-8-4-5-9-10(6-8)13-11(12-9)7-14-2/h4-6H,3,7H2,1-2H3,(H,12,13). The highest BCUT2D eigenvalue weighted by Gasteiger charge is 2.02. The van der Waals surface area contributed by atoms with E-state index < -0.39 is 0 Å². The van der Waals surface area contributed by atoms with Crippen LogP contribution in [0.2, 0.25) is 0 Å². The second-order valence-electron chi connectivity index (χ2n) is 3.32. The monoisotopic (exact) mass is 190 g/mol. The van der Waals surface area contributed by atoms with Gasteiger partial charge in [0, 0.05) is 7.11 Å². The number of ether oxygens (including phenoxy) is 1. The topological polar surface area (TPSA) is 37.9 Å². The van der Waals surface area contributed by atoms with Crippen LogP contribution in [0.5, 0.6) is 0 Å². The Balaban J connectivity index is 2.43. The van der Waals surface area contributed by atoms with Crippen molar-refractivity contribution in [1.29, 1.82) is 0 Å². The van der Waals surface area contributed by atoms with Crippen LogP contribution in [0.25, 0.3) is 11.0 Å². The molecule has 0 bridgehead atoms. The van der Waals surface area contributed by atoms with Gasteiger partial charge in [-0.25, -0.2) is 4.98 Å². The molecule has 0 spiro atoms. The normalized spacial score (nSPS) is 11.0. The lowest BCUT2D eigenvalue weighted by Crippen LogP contribution is -1.88. The third-order valence-electron chi connectivity index (χ3n) is 2.28. The Morgan fingerprint density at radius 3 is 3.00 bits per heavy atom. The number of aryl methyl sites for hydroxylation is 1. The first kappa shape index (κ1) is 9.21. The van der Waals surface area contributed by atoms with Gasteiger partial charge in [-0.3, -0.25) is 0 Å². The zero-order chi connectivity index (χ0) is 9.97. The zero-order valence-corrected chi connectivity index (χ0v) is 8.50. The molecule has 0 unspecified atom stereocenters. The van der Waals surface area contributed by atoms with Crippen LogP contribution < -0.4 is 0 Å². The lowest BCUT2D eigenvalue weighted by atomic mass is 10.1. The van der Waals surface area contributed by atoms with Crippen molar-refractivity contribution in [3.63, 3.8) is 0 Å². The van der Waals surface area contributed by atoms with Gasteiger partial charge in [0.1, 0.15) is 12.4 Å². The lowest BCUT2D eigenvalue weighted by Gasteiger charge is -1.94. The maximum absolute atomic E-state index is 5.02. The quantitative estimate of drug-likeness (QED) is 0.806. The van der Waals surface area contributed by atoms with Crippen molar-refractivity contribution in [3.05, 3.63) is 29.6 Å². The van der Waals surface area contributed by atoms with Gasteiger partial charge in [0.15, 0.2) is 0 Å². The Morgan fingerprint density at radius 2 is 2.29 bits per heavy atom. The molecule has 0 aliphatic carbocycles. The van der Waals surface area contributed by atoms with Crippen LogP contribution in [0.15, 0.2) is 18.2 Å². The highest BCUT2D eigenvalue weighted by atomic mass is 16.5. The van der Waals surface area contributed by atoms with Crippen LogP contribution in [-0.2, 0) is 17.8 Å². The summed E-state index contributed by atoms with van der Waals surface area (Å²) in [5.74, 6) is 0.885. The molecule has 1 heterocycles. The largest absolute Gasteiger partial charge is 0.377 e. The fourth-order valence-electron chi connectivity index (χ4n) is 1.53. The molecule has 1 N–H and O–H groups in total. The van der Waals surface area contributed by atoms with Gasteiger partial charge in [-0.1, -0.05) is 13.0 Å². The van der Waals surface area contributed by atoms with E-state index in [0.29, 0.717) is 6.61 Å². The summed E-state index contributed by atoms with van der Waals surface area (Å²) in [5.41, 5.74) is 3.43. The summed E-state index contributed by atoms with van der Waals surface area (Å²) in [6.07, 6.45) is 1.05. The molecule has 0 fully saturated rings. The van der Waals surface area contributed by atoms with E-state index in [-0.39, 0.29) is 0 Å². The van der Waals surface area contributed by atoms with Crippen molar-refractivity contribution in [3.8, 4) is 0 Å². The molecule has 2 aromatic rings. The molecule has 3 nitrogen and oxygen atoms in total. The van der Waals surface area contributed by atoms with E-state index in [2.05, 4.69) is 29.0 Å². The van der Waals surface area contributed by atoms with Gasteiger partial charge in [0.2, 0.25) is 0 Å². The van der Waals surface area contributed by atoms with E-state index in [1.54, 1.807) is 7.11 Å². The van der Waals surface area contributed by atoms with Crippen LogP contribution in [0.4, 0.5) is 0 Å². The SMILES string of the molecule is CCc1ccc2nc(COC)[nH]c2c1. The summed E-state index contributed by atoms with van der Waals surface area (Å²) in [6, 6.07) is 6.30. The first-order valence-corrected chi connectivity index (χ1v) is 4.80. The average molecular weight is 190 g/mol. The zero-order valence-electron chi connectivity index (χ0n) is 8.50. The maximum atomic E-state index is 5.02. The number of H-pyrrole nitrogens is 1. The minimum absolute atomic E-state index is 0.538. The molecular weight excluding hydrogens is 176 g/mol. The van der Waals surface area contributed by atoms with Crippen LogP contribution in [0, 0.1) is 0 Å². The molecule has 0 aliphatic heterocycles. The van der Waals surface area contributed by atoms with E-state index in [0.717, 1.165) is 23.3 Å². The van der Waals surface area contributed by atoms with E-state index in [1.807, 2.05) is 6.07 Å². The van der Waals surface area contributed by atoms with Crippen molar-refractivity contribution in [1.82, 2.24) is 9.97 Å². The van der Waals surface area contributed by atoms with E-state index in [4.69, 9.17) is 4.74 Å². The highest BCUT2D eigenvalue weighted by Crippen LogP contribution is 2.14. The minimum Gasteiger partial charge on any atom is -0.377 e. The first-order chi connectivity index (χ1) is 6.83. The second-order valence-corrected chi connectivity index (χ2v) is 3.32. The number of benzene rings is 1. The highest BCUT2D eigenvalue weighted by molar-refractivity contribution is 5.75. The lowest BCUT2D eigenvalue weighted by molar-refractivity contribution is 0.179. The molecule has 0 amide bonds. The Morgan fingerprint density at radius 1 is 1.43 bits per heavy atom. The van der Waals surface area contributed by atoms with Gasteiger partial charge in [0.25, 0.3) is 0 Å². The number of aromatic nitrogens is 2. The molecule has 2 rings (SSSR count). The minimum atomic E-state index is 0.538. The molecule has 1 aromatic heterocycles. The summed E-state index contributed by atoms with van der Waals surface area (Å²) in [6.45, 7) is 2.68. The number of hydrogen-bond donors (Lipinski definition) is 1. The molecule has 0 saturated heterocycles. The van der Waals surface area contributed by atoms with Gasteiger partial charge in [-0.05, 0) is 24.1 Å². The molecule has 0 saturated carbocycles. The number of hydrogen-bond acceptors (Lipinski definition) is 2. The molecule has 0 radical (unpaired) electrons. The van der Waals surface area contributed by atoms with Gasteiger partial charge in [0.05, 0.1) is 11.0 Å². The van der Waals surface area contributed by atoms with E-state index >= 15 is 0 Å². The maximum Gasteiger partial charge on any atom is 0.133 e. The van der Waals surface area contributed by atoms with Crippen LogP contribution >= 0.6 is 0 Å². The van der Waals surface area contributed by atoms with Gasteiger partial charge < -0.3 is 9.72 Å². The first-order valence-electron chi connectivity index (χ1n) is 4.80. The third kappa shape index (κ3) is 1.63. The molecule has 3 heteroatoms. The molecule has 0 aliphatic rings. The Bertz CT molecular complexity index is 434. The molecule has 14 heavy (non-hydrogen) atoms. The third-order valence-corrected chi connectivity index (χ3v) is 2.28. The number of methoxy groups -OCH3 is 1. The predicted octanol–water partition coefficient (Wildman–Crippen LogP) is 2.27. The summed E-state index contributed by atoms with van der Waals surface area (Å²) in [4.78, 5) is 7.63. The fourth-order valence-corrected chi connectivity index (χ4v) is 1.53. The Hall–Kier alpha value is -1.35. The number of nitrogens with zero attached hydrogens (tertiary/aromatic N) is 1. The van der Waals surface area contributed by atoms with Crippen molar-refractivity contribution >= 4 is 11.0 Å². The summed E-state index contributed by atoms with van der Waals surface area (Å²) >= 11 is 0. The van der Waals surface area contributed by atoms with Gasteiger partial charge in [-0.2, -0.15) is 0 Å². The van der Waals surface area contributed by atoms with E-state index in [9.17, 15) is 0 Å². The summed E-state index contributed by atoms with van der Waals surface area (Å²) in [7, 11) is 1.67. The number of rotatable bonds is 3. The van der Waals surface area contributed by atoms with Gasteiger partial charge >= 0.3 is 0 Å². The average Bonchev–Trinajstić information content (AvgIpc) is 2.59. The van der Waals surface area contributed by atoms with Crippen LogP contribution in [-0.4, -0.2) is 17.1 Å². The molecule has 0 atom stereocenters. The number of imidazole rings is 1. The number of fused-ring (bicyclic) bond motifs is 1. The van der Waals surface area contributed by atoms with Crippen molar-refractivity contribution in [2.24, 2.45) is 0 Å². The predicted molar refractivity (Wildman–Crippen MR) is 56.2 cm³/mol. The van der Waals surface area contributed by atoms with Gasteiger partial charge in [-0.15, -0.1) is 0 Å². The molecular formula is C11H14N2O. The fraction of sp³-hybridized carbons (Fsp3) is 0.364.